The summed E-state index contributed by atoms with van der Waals surface area (Å²) in [6.07, 6.45) is 3.17. The first-order chi connectivity index (χ1) is 13.9. The summed E-state index contributed by atoms with van der Waals surface area (Å²) >= 11 is 0. The summed E-state index contributed by atoms with van der Waals surface area (Å²) in [4.78, 5) is 45.0. The fraction of sp³-hybridized carbons (Fsp3) is 0.429. The smallest absolute Gasteiger partial charge is 0.327 e. The van der Waals surface area contributed by atoms with Crippen molar-refractivity contribution < 1.29 is 28.7 Å². The summed E-state index contributed by atoms with van der Waals surface area (Å²) in [5.74, 6) is 1.51. The van der Waals surface area contributed by atoms with Gasteiger partial charge in [-0.15, -0.1) is 0 Å². The van der Waals surface area contributed by atoms with Crippen LogP contribution in [0.3, 0.4) is 0 Å². The highest BCUT2D eigenvalue weighted by atomic mass is 32.3. The van der Waals surface area contributed by atoms with Crippen molar-refractivity contribution >= 4 is 35.6 Å². The van der Waals surface area contributed by atoms with Gasteiger partial charge in [0.2, 0.25) is 0 Å². The highest BCUT2D eigenvalue weighted by Crippen LogP contribution is 2.59. The first-order valence-electron chi connectivity index (χ1n) is 9.76. The molecule has 0 spiro atoms. The highest BCUT2D eigenvalue weighted by Gasteiger charge is 2.34. The van der Waals surface area contributed by atoms with Crippen molar-refractivity contribution in [3.05, 3.63) is 45.3 Å². The van der Waals surface area contributed by atoms with E-state index in [4.69, 9.17) is 4.74 Å². The van der Waals surface area contributed by atoms with Crippen LogP contribution < -0.4 is 4.74 Å². The Balaban J connectivity index is 2.50. The molecule has 1 aliphatic rings. The van der Waals surface area contributed by atoms with Crippen LogP contribution in [0.1, 0.15) is 37.5 Å². The number of benzene rings is 1. The molecule has 2 rings (SSSR count). The fourth-order valence-electron chi connectivity index (χ4n) is 3.47. The molecule has 9 heteroatoms. The van der Waals surface area contributed by atoms with Gasteiger partial charge in [0, 0.05) is 19.7 Å². The molecule has 0 fully saturated rings. The number of hydrogen-bond donors (Lipinski definition) is 2. The molecule has 0 saturated heterocycles. The molecule has 0 unspecified atom stereocenters. The van der Waals surface area contributed by atoms with Crippen molar-refractivity contribution in [1.82, 2.24) is 4.90 Å². The van der Waals surface area contributed by atoms with Crippen LogP contribution in [0.4, 0.5) is 0 Å². The van der Waals surface area contributed by atoms with Gasteiger partial charge in [-0.1, -0.05) is 13.8 Å². The van der Waals surface area contributed by atoms with Gasteiger partial charge in [-0.2, -0.15) is 10.0 Å². The predicted octanol–water partition coefficient (Wildman–Crippen LogP) is 3.91. The second-order valence-corrected chi connectivity index (χ2v) is 12.8. The number of rotatable bonds is 7. The minimum atomic E-state index is -4.20. The maximum Gasteiger partial charge on any atom is 0.327 e. The Labute approximate surface area is 179 Å². The van der Waals surface area contributed by atoms with Gasteiger partial charge in [0.05, 0.1) is 11.1 Å². The summed E-state index contributed by atoms with van der Waals surface area (Å²) in [6, 6.07) is 3.75. The lowest BCUT2D eigenvalue weighted by Gasteiger charge is -2.42. The molecule has 1 heterocycles. The van der Waals surface area contributed by atoms with E-state index in [0.717, 1.165) is 28.2 Å². The Morgan fingerprint density at radius 3 is 2.23 bits per heavy atom. The fourth-order valence-corrected chi connectivity index (χ4v) is 6.72. The molecule has 30 heavy (non-hydrogen) atoms. The van der Waals surface area contributed by atoms with Gasteiger partial charge in [-0.05, 0) is 65.7 Å². The molecule has 0 atom stereocenters. The highest BCUT2D eigenvalue weighted by molar-refractivity contribution is 8.39. The van der Waals surface area contributed by atoms with Crippen LogP contribution in [-0.4, -0.2) is 50.8 Å². The van der Waals surface area contributed by atoms with E-state index < -0.39 is 17.6 Å². The number of carbonyl (C=O) groups excluding carboxylic acids is 2. The van der Waals surface area contributed by atoms with Crippen molar-refractivity contribution in [1.29, 1.82) is 0 Å². The third kappa shape index (κ3) is 5.64. The van der Waals surface area contributed by atoms with E-state index in [9.17, 15) is 23.9 Å². The van der Waals surface area contributed by atoms with Gasteiger partial charge >= 0.3 is 13.6 Å². The molecule has 0 radical (unpaired) electrons. The maximum absolute atomic E-state index is 13.3. The zero-order valence-electron chi connectivity index (χ0n) is 18.0. The summed E-state index contributed by atoms with van der Waals surface area (Å²) < 4.78 is 16.6. The molecule has 7 nitrogen and oxygen atoms in total. The molecule has 0 saturated carbocycles. The molecule has 2 N–H and O–H groups in total. The second kappa shape index (κ2) is 9.52. The molecule has 1 aromatic rings. The van der Waals surface area contributed by atoms with Crippen LogP contribution in [0.15, 0.2) is 28.6 Å². The van der Waals surface area contributed by atoms with Crippen molar-refractivity contribution in [2.75, 3.05) is 24.2 Å². The Kier molecular flexibility index (Phi) is 7.74. The first-order valence-corrected chi connectivity index (χ1v) is 13.6. The number of ether oxygens (including phenoxy) is 1. The molecule has 1 aliphatic heterocycles. The zero-order valence-corrected chi connectivity index (χ0v) is 19.8. The first kappa shape index (κ1) is 24.4. The SMILES string of the molecule is CCS1(CC)C=CN(CCP(=O)(O)O)C(=O)/C1=C\c1cc(C)c(OC(C)=O)c(C)c1. The van der Waals surface area contributed by atoms with Gasteiger partial charge in [-0.3, -0.25) is 14.2 Å². The topological polar surface area (TPSA) is 104 Å². The Hall–Kier alpha value is -1.86. The number of carbonyl (C=O) groups is 2. The molecule has 0 aliphatic carbocycles. The van der Waals surface area contributed by atoms with Gasteiger partial charge < -0.3 is 19.4 Å². The number of esters is 1. The standard InChI is InChI=1S/C21H30NO6PS/c1-6-30(7-2)11-9-22(8-10-29(25,26)27)21(24)19(30)14-18-12-15(3)20(16(4)13-18)28-17(5)23/h9,11-14H,6-8,10H2,1-5H3,(H2,25,26,27)/b19-14+. The Morgan fingerprint density at radius 2 is 1.77 bits per heavy atom. The lowest BCUT2D eigenvalue weighted by Crippen LogP contribution is -2.35. The van der Waals surface area contributed by atoms with E-state index in [-0.39, 0.29) is 24.6 Å². The van der Waals surface area contributed by atoms with Crippen molar-refractivity contribution in [2.24, 2.45) is 0 Å². The summed E-state index contributed by atoms with van der Waals surface area (Å²) in [7, 11) is -5.70. The van der Waals surface area contributed by atoms with Crippen LogP contribution in [0.2, 0.25) is 0 Å². The number of aryl methyl sites for hydroxylation is 2. The summed E-state index contributed by atoms with van der Waals surface area (Å²) in [5, 5.41) is 2.03. The van der Waals surface area contributed by atoms with Crippen molar-refractivity contribution in [3.63, 3.8) is 0 Å². The van der Waals surface area contributed by atoms with Gasteiger partial charge in [0.15, 0.2) is 0 Å². The van der Waals surface area contributed by atoms with Gasteiger partial charge in [-0.25, -0.2) is 0 Å². The molecular weight excluding hydrogens is 425 g/mol. The van der Waals surface area contributed by atoms with Crippen LogP contribution in [0, 0.1) is 13.8 Å². The summed E-state index contributed by atoms with van der Waals surface area (Å²) in [6.45, 7) is 9.12. The Bertz CT molecular complexity index is 922. The lowest BCUT2D eigenvalue weighted by atomic mass is 10.1. The van der Waals surface area contributed by atoms with E-state index in [1.807, 2.05) is 37.5 Å². The number of hydrogen-bond acceptors (Lipinski definition) is 4. The third-order valence-electron chi connectivity index (χ3n) is 5.10. The monoisotopic (exact) mass is 455 g/mol. The van der Waals surface area contributed by atoms with Gasteiger partial charge in [0.25, 0.3) is 5.91 Å². The van der Waals surface area contributed by atoms with E-state index >= 15 is 0 Å². The average molecular weight is 456 g/mol. The molecular formula is C21H30NO6PS. The summed E-state index contributed by atoms with van der Waals surface area (Å²) in [5.41, 5.74) is 2.42. The third-order valence-corrected chi connectivity index (χ3v) is 9.75. The predicted molar refractivity (Wildman–Crippen MR) is 122 cm³/mol. The zero-order chi connectivity index (χ0) is 22.7. The molecule has 0 aromatic heterocycles. The molecule has 1 aromatic carbocycles. The van der Waals surface area contributed by atoms with Crippen LogP contribution in [0.25, 0.3) is 6.08 Å². The van der Waals surface area contributed by atoms with Crippen LogP contribution in [0.5, 0.6) is 5.75 Å². The van der Waals surface area contributed by atoms with Crippen LogP contribution >= 0.6 is 17.6 Å². The molecule has 0 bridgehead atoms. The van der Waals surface area contributed by atoms with Crippen molar-refractivity contribution in [3.8, 4) is 5.75 Å². The van der Waals surface area contributed by atoms with E-state index in [1.165, 1.54) is 11.8 Å². The molecule has 1 amide bonds. The average Bonchev–Trinajstić information content (AvgIpc) is 2.65. The van der Waals surface area contributed by atoms with Crippen molar-refractivity contribution in [2.45, 2.75) is 34.6 Å². The minimum Gasteiger partial charge on any atom is -0.426 e. The van der Waals surface area contributed by atoms with E-state index in [0.29, 0.717) is 10.7 Å². The lowest BCUT2D eigenvalue weighted by molar-refractivity contribution is -0.132. The van der Waals surface area contributed by atoms with E-state index in [1.54, 1.807) is 6.20 Å². The largest absolute Gasteiger partial charge is 0.426 e. The maximum atomic E-state index is 13.3. The quantitative estimate of drug-likeness (QED) is 0.280. The number of amides is 1. The van der Waals surface area contributed by atoms with E-state index in [2.05, 4.69) is 13.8 Å². The number of nitrogens with zero attached hydrogens (tertiary/aromatic N) is 1. The minimum absolute atomic E-state index is 0.0383. The van der Waals surface area contributed by atoms with Gasteiger partial charge in [0.1, 0.15) is 5.75 Å². The molecule has 166 valence electrons. The Morgan fingerprint density at radius 1 is 1.20 bits per heavy atom. The normalized spacial score (nSPS) is 18.6. The second-order valence-electron chi connectivity index (χ2n) is 7.28. The van der Waals surface area contributed by atoms with Crippen LogP contribution in [-0.2, 0) is 14.2 Å².